The number of ether oxygens (including phenoxy) is 1. The summed E-state index contributed by atoms with van der Waals surface area (Å²) in [6.45, 7) is 5.31. The summed E-state index contributed by atoms with van der Waals surface area (Å²) >= 11 is 3.46. The van der Waals surface area contributed by atoms with Gasteiger partial charge < -0.3 is 15.2 Å². The first-order valence-corrected chi connectivity index (χ1v) is 8.43. The van der Waals surface area contributed by atoms with Crippen LogP contribution >= 0.6 is 15.9 Å². The van der Waals surface area contributed by atoms with E-state index in [0.717, 1.165) is 15.2 Å². The van der Waals surface area contributed by atoms with Crippen LogP contribution in [0.15, 0.2) is 40.9 Å². The van der Waals surface area contributed by atoms with Gasteiger partial charge in [-0.1, -0.05) is 35.0 Å². The fourth-order valence-corrected chi connectivity index (χ4v) is 2.59. The highest BCUT2D eigenvalue weighted by atomic mass is 79.9. The zero-order valence-electron chi connectivity index (χ0n) is 13.6. The average Bonchev–Trinajstić information content (AvgIpc) is 2.51. The summed E-state index contributed by atoms with van der Waals surface area (Å²) in [4.78, 5) is 12.3. The lowest BCUT2D eigenvalue weighted by molar-refractivity contribution is -0.130. The van der Waals surface area contributed by atoms with E-state index < -0.39 is 11.6 Å². The Morgan fingerprint density at radius 2 is 1.96 bits per heavy atom. The van der Waals surface area contributed by atoms with E-state index in [1.54, 1.807) is 13.8 Å². The molecule has 0 spiro atoms. The van der Waals surface area contributed by atoms with Crippen LogP contribution in [0.25, 0.3) is 10.8 Å². The van der Waals surface area contributed by atoms with Crippen molar-refractivity contribution in [2.75, 3.05) is 6.61 Å². The van der Waals surface area contributed by atoms with E-state index in [1.165, 1.54) is 0 Å². The molecule has 0 aliphatic rings. The number of carbonyl (C=O) groups is 1. The third kappa shape index (κ3) is 4.69. The van der Waals surface area contributed by atoms with Crippen molar-refractivity contribution in [3.63, 3.8) is 0 Å². The van der Waals surface area contributed by atoms with E-state index in [-0.39, 0.29) is 12.5 Å². The van der Waals surface area contributed by atoms with Crippen molar-refractivity contribution < 1.29 is 14.6 Å². The lowest BCUT2D eigenvalue weighted by Crippen LogP contribution is -2.51. The minimum absolute atomic E-state index is 0.126. The average molecular weight is 380 g/mol. The number of benzene rings is 2. The van der Waals surface area contributed by atoms with Gasteiger partial charge in [0.1, 0.15) is 5.75 Å². The first kappa shape index (κ1) is 17.8. The Morgan fingerprint density at radius 3 is 2.61 bits per heavy atom. The quantitative estimate of drug-likeness (QED) is 0.805. The molecule has 0 heterocycles. The number of carbonyl (C=O) groups excluding carboxylic acids is 1. The summed E-state index contributed by atoms with van der Waals surface area (Å²) in [5.41, 5.74) is -0.665. The maximum Gasteiger partial charge on any atom is 0.261 e. The third-order valence-electron chi connectivity index (χ3n) is 3.57. The number of fused-ring (bicyclic) bond motifs is 1. The molecule has 0 bridgehead atoms. The molecule has 0 saturated heterocycles. The van der Waals surface area contributed by atoms with Gasteiger partial charge in [-0.25, -0.2) is 0 Å². The Hall–Kier alpha value is -1.59. The van der Waals surface area contributed by atoms with Crippen molar-refractivity contribution in [1.82, 2.24) is 5.32 Å². The minimum Gasteiger partial charge on any atom is -0.481 e. The number of halogens is 1. The molecule has 1 unspecified atom stereocenters. The van der Waals surface area contributed by atoms with E-state index in [9.17, 15) is 9.90 Å². The Bertz CT molecular complexity index is 700. The van der Waals surface area contributed by atoms with Crippen LogP contribution in [0.5, 0.6) is 5.75 Å². The van der Waals surface area contributed by atoms with Crippen molar-refractivity contribution in [2.45, 2.75) is 38.8 Å². The lowest BCUT2D eigenvalue weighted by atomic mass is 10.1. The molecule has 2 N–H and O–H groups in total. The van der Waals surface area contributed by atoms with E-state index >= 15 is 0 Å². The molecule has 0 aliphatic carbocycles. The van der Waals surface area contributed by atoms with Crippen LogP contribution in [0.4, 0.5) is 0 Å². The van der Waals surface area contributed by atoms with Crippen molar-refractivity contribution in [3.8, 4) is 5.75 Å². The Morgan fingerprint density at radius 1 is 1.26 bits per heavy atom. The molecule has 0 aromatic heterocycles. The summed E-state index contributed by atoms with van der Waals surface area (Å²) in [5, 5.41) is 14.2. The smallest absolute Gasteiger partial charge is 0.261 e. The van der Waals surface area contributed by atoms with Crippen molar-refractivity contribution in [3.05, 3.63) is 40.9 Å². The zero-order chi connectivity index (χ0) is 17.0. The van der Waals surface area contributed by atoms with E-state index in [0.29, 0.717) is 12.2 Å². The fraction of sp³-hybridized carbons (Fsp3) is 0.389. The van der Waals surface area contributed by atoms with Gasteiger partial charge in [-0.05, 0) is 55.3 Å². The molecule has 23 heavy (non-hydrogen) atoms. The molecular formula is C18H22BrNO3. The summed E-state index contributed by atoms with van der Waals surface area (Å²) in [6.07, 6.45) is -0.0467. The summed E-state index contributed by atoms with van der Waals surface area (Å²) in [6, 6.07) is 11.8. The molecule has 0 saturated carbocycles. The molecule has 4 nitrogen and oxygen atoms in total. The predicted molar refractivity (Wildman–Crippen MR) is 95.7 cm³/mol. The van der Waals surface area contributed by atoms with Gasteiger partial charge in [0.15, 0.2) is 6.10 Å². The van der Waals surface area contributed by atoms with Crippen LogP contribution in [0.2, 0.25) is 0 Å². The second-order valence-corrected chi connectivity index (χ2v) is 7.11. The third-order valence-corrected chi connectivity index (χ3v) is 4.07. The van der Waals surface area contributed by atoms with Gasteiger partial charge in [0, 0.05) is 4.47 Å². The lowest BCUT2D eigenvalue weighted by Gasteiger charge is -2.26. The predicted octanol–water partition coefficient (Wildman–Crippen LogP) is 3.65. The van der Waals surface area contributed by atoms with Gasteiger partial charge in [-0.3, -0.25) is 4.79 Å². The zero-order valence-corrected chi connectivity index (χ0v) is 15.2. The normalized spacial score (nSPS) is 12.9. The van der Waals surface area contributed by atoms with E-state index in [4.69, 9.17) is 4.74 Å². The summed E-state index contributed by atoms with van der Waals surface area (Å²) in [7, 11) is 0. The molecule has 5 heteroatoms. The van der Waals surface area contributed by atoms with Crippen LogP contribution in [-0.4, -0.2) is 29.3 Å². The highest BCUT2D eigenvalue weighted by Gasteiger charge is 2.25. The first-order valence-electron chi connectivity index (χ1n) is 7.63. The number of rotatable bonds is 6. The molecule has 2 aromatic rings. The Kier molecular flexibility index (Phi) is 5.65. The van der Waals surface area contributed by atoms with Crippen LogP contribution in [0, 0.1) is 0 Å². The summed E-state index contributed by atoms with van der Waals surface area (Å²) in [5.74, 6) is 0.431. The highest BCUT2D eigenvalue weighted by Crippen LogP contribution is 2.25. The molecule has 2 rings (SSSR count). The molecule has 1 atom stereocenters. The SMILES string of the molecule is CCC(Oc1ccc2ccc(Br)cc2c1)C(=O)NC(C)(C)CO. The van der Waals surface area contributed by atoms with Crippen LogP contribution in [0.1, 0.15) is 27.2 Å². The fourth-order valence-electron chi connectivity index (χ4n) is 2.21. The largest absolute Gasteiger partial charge is 0.481 e. The van der Waals surface area contributed by atoms with Crippen LogP contribution in [0.3, 0.4) is 0 Å². The molecule has 2 aromatic carbocycles. The van der Waals surface area contributed by atoms with Gasteiger partial charge in [0.2, 0.25) is 0 Å². The van der Waals surface area contributed by atoms with Gasteiger partial charge in [0.05, 0.1) is 12.1 Å². The van der Waals surface area contributed by atoms with Crippen LogP contribution < -0.4 is 10.1 Å². The number of hydrogen-bond donors (Lipinski definition) is 2. The van der Waals surface area contributed by atoms with Gasteiger partial charge in [0.25, 0.3) is 5.91 Å². The van der Waals surface area contributed by atoms with Crippen LogP contribution in [-0.2, 0) is 4.79 Å². The van der Waals surface area contributed by atoms with Crippen molar-refractivity contribution >= 4 is 32.6 Å². The molecule has 0 fully saturated rings. The number of nitrogens with one attached hydrogen (secondary N) is 1. The highest BCUT2D eigenvalue weighted by molar-refractivity contribution is 9.10. The molecule has 0 radical (unpaired) electrons. The molecule has 124 valence electrons. The number of aliphatic hydroxyl groups excluding tert-OH is 1. The Labute approximate surface area is 145 Å². The number of hydrogen-bond acceptors (Lipinski definition) is 3. The van der Waals surface area contributed by atoms with Gasteiger partial charge in [-0.15, -0.1) is 0 Å². The van der Waals surface area contributed by atoms with Gasteiger partial charge >= 0.3 is 0 Å². The number of amides is 1. The number of aliphatic hydroxyl groups is 1. The van der Waals surface area contributed by atoms with E-state index in [1.807, 2.05) is 43.3 Å². The molecule has 0 aliphatic heterocycles. The Balaban J connectivity index is 2.16. The second kappa shape index (κ2) is 7.32. The van der Waals surface area contributed by atoms with Gasteiger partial charge in [-0.2, -0.15) is 0 Å². The van der Waals surface area contributed by atoms with Crippen molar-refractivity contribution in [2.24, 2.45) is 0 Å². The molecular weight excluding hydrogens is 358 g/mol. The maximum atomic E-state index is 12.3. The monoisotopic (exact) mass is 379 g/mol. The second-order valence-electron chi connectivity index (χ2n) is 6.20. The topological polar surface area (TPSA) is 58.6 Å². The summed E-state index contributed by atoms with van der Waals surface area (Å²) < 4.78 is 6.85. The first-order chi connectivity index (χ1) is 10.8. The minimum atomic E-state index is -0.665. The van der Waals surface area contributed by atoms with E-state index in [2.05, 4.69) is 21.2 Å². The van der Waals surface area contributed by atoms with Crippen molar-refractivity contribution in [1.29, 1.82) is 0 Å². The standard InChI is InChI=1S/C18H22BrNO3/c1-4-16(17(22)20-18(2,3)11-21)23-15-8-6-12-5-7-14(19)9-13(12)10-15/h5-10,16,21H,4,11H2,1-3H3,(H,20,22). The molecule has 1 amide bonds. The maximum absolute atomic E-state index is 12.3.